The molecule has 2 heterocycles. The number of halogens is 1. The van der Waals surface area contributed by atoms with E-state index in [0.29, 0.717) is 23.7 Å². The van der Waals surface area contributed by atoms with E-state index in [9.17, 15) is 19.7 Å². The van der Waals surface area contributed by atoms with Gasteiger partial charge < -0.3 is 19.7 Å². The molecule has 0 saturated carbocycles. The predicted molar refractivity (Wildman–Crippen MR) is 103 cm³/mol. The number of nitrogens with one attached hydrogen (secondary N) is 1. The Morgan fingerprint density at radius 1 is 1.24 bits per heavy atom. The number of rotatable bonds is 5. The molecule has 150 valence electrons. The van der Waals surface area contributed by atoms with Crippen molar-refractivity contribution in [3.8, 4) is 11.5 Å². The zero-order valence-corrected chi connectivity index (χ0v) is 15.8. The first-order valence-electron chi connectivity index (χ1n) is 8.84. The van der Waals surface area contributed by atoms with Gasteiger partial charge in [0.15, 0.2) is 11.5 Å². The number of carbonyl (C=O) groups is 2. The highest BCUT2D eigenvalue weighted by molar-refractivity contribution is 6.33. The van der Waals surface area contributed by atoms with Gasteiger partial charge in [-0.2, -0.15) is 0 Å². The number of nitro groups is 1. The van der Waals surface area contributed by atoms with Crippen LogP contribution in [0.3, 0.4) is 0 Å². The fourth-order valence-corrected chi connectivity index (χ4v) is 3.56. The molecule has 0 aromatic heterocycles. The van der Waals surface area contributed by atoms with Crippen LogP contribution in [-0.4, -0.2) is 36.6 Å². The van der Waals surface area contributed by atoms with Gasteiger partial charge in [-0.25, -0.2) is 0 Å². The lowest BCUT2D eigenvalue weighted by Gasteiger charge is -2.17. The summed E-state index contributed by atoms with van der Waals surface area (Å²) in [6.45, 7) is 0.827. The predicted octanol–water partition coefficient (Wildman–Crippen LogP) is 2.76. The Morgan fingerprint density at radius 3 is 2.83 bits per heavy atom. The van der Waals surface area contributed by atoms with E-state index in [0.717, 1.165) is 6.07 Å². The summed E-state index contributed by atoms with van der Waals surface area (Å²) in [5.74, 6) is 0.545. The van der Waals surface area contributed by atoms with Crippen molar-refractivity contribution >= 4 is 34.8 Å². The van der Waals surface area contributed by atoms with Crippen molar-refractivity contribution in [2.45, 2.75) is 6.42 Å². The second-order valence-corrected chi connectivity index (χ2v) is 7.15. The number of benzene rings is 2. The van der Waals surface area contributed by atoms with Gasteiger partial charge in [0.2, 0.25) is 12.7 Å². The van der Waals surface area contributed by atoms with Crippen LogP contribution in [0.1, 0.15) is 16.8 Å². The minimum absolute atomic E-state index is 0.0258. The number of carbonyl (C=O) groups excluding carboxylic acids is 2. The topological polar surface area (TPSA) is 111 Å². The highest BCUT2D eigenvalue weighted by Crippen LogP contribution is 2.37. The molecule has 0 radical (unpaired) electrons. The Labute approximate surface area is 170 Å². The van der Waals surface area contributed by atoms with Crippen molar-refractivity contribution in [2.75, 3.05) is 24.8 Å². The Hall–Kier alpha value is -3.33. The summed E-state index contributed by atoms with van der Waals surface area (Å²) in [6.07, 6.45) is 0.275. The molecule has 1 N–H and O–H groups in total. The summed E-state index contributed by atoms with van der Waals surface area (Å²) in [5.41, 5.74) is 0.511. The van der Waals surface area contributed by atoms with Crippen LogP contribution in [0.15, 0.2) is 36.4 Å². The van der Waals surface area contributed by atoms with E-state index in [2.05, 4.69) is 5.32 Å². The molecule has 0 bridgehead atoms. The van der Waals surface area contributed by atoms with E-state index in [-0.39, 0.29) is 47.9 Å². The zero-order valence-electron chi connectivity index (χ0n) is 15.1. The number of hydrogen-bond acceptors (Lipinski definition) is 6. The summed E-state index contributed by atoms with van der Waals surface area (Å²) in [5, 5.41) is 13.7. The molecule has 1 atom stereocenters. The van der Waals surface area contributed by atoms with Gasteiger partial charge in [0, 0.05) is 49.3 Å². The van der Waals surface area contributed by atoms with Crippen LogP contribution in [0.25, 0.3) is 0 Å². The zero-order chi connectivity index (χ0) is 20.5. The summed E-state index contributed by atoms with van der Waals surface area (Å²) >= 11 is 6.00. The van der Waals surface area contributed by atoms with Crippen molar-refractivity contribution in [2.24, 2.45) is 5.92 Å². The second kappa shape index (κ2) is 7.59. The Morgan fingerprint density at radius 2 is 2.03 bits per heavy atom. The number of non-ortho nitro benzene ring substituents is 1. The molecule has 2 aliphatic rings. The first-order valence-corrected chi connectivity index (χ1v) is 9.22. The van der Waals surface area contributed by atoms with Crippen LogP contribution >= 0.6 is 11.6 Å². The number of fused-ring (bicyclic) bond motifs is 1. The number of nitro benzene ring substituents is 1. The maximum Gasteiger partial charge on any atom is 0.270 e. The Bertz CT molecular complexity index is 1010. The van der Waals surface area contributed by atoms with Gasteiger partial charge in [-0.3, -0.25) is 19.7 Å². The van der Waals surface area contributed by atoms with Gasteiger partial charge in [0.25, 0.3) is 11.6 Å². The van der Waals surface area contributed by atoms with E-state index in [4.69, 9.17) is 21.1 Å². The quantitative estimate of drug-likeness (QED) is 0.591. The van der Waals surface area contributed by atoms with E-state index in [1.54, 1.807) is 23.1 Å². The summed E-state index contributed by atoms with van der Waals surface area (Å²) in [4.78, 5) is 36.8. The minimum atomic E-state index is -0.591. The molecule has 1 unspecified atom stereocenters. The van der Waals surface area contributed by atoms with Crippen LogP contribution in [0, 0.1) is 16.0 Å². The van der Waals surface area contributed by atoms with E-state index in [1.807, 2.05) is 0 Å². The molecule has 2 aromatic rings. The van der Waals surface area contributed by atoms with Gasteiger partial charge >= 0.3 is 0 Å². The molecule has 0 spiro atoms. The fraction of sp³-hybridized carbons (Fsp3) is 0.263. The Balaban J connectivity index is 1.40. The summed E-state index contributed by atoms with van der Waals surface area (Å²) < 4.78 is 10.6. The number of hydrogen-bond donors (Lipinski definition) is 1. The van der Waals surface area contributed by atoms with Crippen molar-refractivity contribution in [3.63, 3.8) is 0 Å². The van der Waals surface area contributed by atoms with Crippen LogP contribution < -0.4 is 19.7 Å². The highest BCUT2D eigenvalue weighted by atomic mass is 35.5. The molecule has 4 rings (SSSR count). The van der Waals surface area contributed by atoms with Gasteiger partial charge in [-0.1, -0.05) is 11.6 Å². The van der Waals surface area contributed by atoms with Crippen LogP contribution in [0.5, 0.6) is 11.5 Å². The first-order chi connectivity index (χ1) is 13.9. The fourth-order valence-electron chi connectivity index (χ4n) is 3.35. The minimum Gasteiger partial charge on any atom is -0.454 e. The molecule has 10 heteroatoms. The van der Waals surface area contributed by atoms with Crippen molar-refractivity contribution in [1.29, 1.82) is 0 Å². The lowest BCUT2D eigenvalue weighted by molar-refractivity contribution is -0.384. The van der Waals surface area contributed by atoms with E-state index in [1.165, 1.54) is 12.1 Å². The van der Waals surface area contributed by atoms with E-state index >= 15 is 0 Å². The molecule has 2 amide bonds. The number of anilines is 1. The summed E-state index contributed by atoms with van der Waals surface area (Å²) in [7, 11) is 0. The number of ether oxygens (including phenoxy) is 2. The number of nitrogens with zero attached hydrogens (tertiary/aromatic N) is 2. The van der Waals surface area contributed by atoms with Crippen molar-refractivity contribution < 1.29 is 24.0 Å². The lowest BCUT2D eigenvalue weighted by atomic mass is 10.1. The van der Waals surface area contributed by atoms with Crippen molar-refractivity contribution in [1.82, 2.24) is 5.32 Å². The van der Waals surface area contributed by atoms with Crippen LogP contribution in [0.2, 0.25) is 5.02 Å². The van der Waals surface area contributed by atoms with Gasteiger partial charge in [-0.05, 0) is 18.2 Å². The Kier molecular flexibility index (Phi) is 4.98. The van der Waals surface area contributed by atoms with Gasteiger partial charge in [-0.15, -0.1) is 0 Å². The largest absolute Gasteiger partial charge is 0.454 e. The monoisotopic (exact) mass is 417 g/mol. The smallest absolute Gasteiger partial charge is 0.270 e. The second-order valence-electron chi connectivity index (χ2n) is 6.74. The average molecular weight is 418 g/mol. The maximum absolute atomic E-state index is 12.4. The molecular formula is C19H16ClN3O6. The van der Waals surface area contributed by atoms with Crippen LogP contribution in [0.4, 0.5) is 11.4 Å². The SMILES string of the molecule is O=C(NCC1CC(=O)N(c2ccc3c(c2)OCO3)C1)c1cc([N+](=O)[O-])ccc1Cl. The van der Waals surface area contributed by atoms with Gasteiger partial charge in [0.1, 0.15) is 0 Å². The molecule has 2 aromatic carbocycles. The molecule has 1 fully saturated rings. The maximum atomic E-state index is 12.4. The van der Waals surface area contributed by atoms with Crippen LogP contribution in [-0.2, 0) is 4.79 Å². The lowest BCUT2D eigenvalue weighted by Crippen LogP contribution is -2.31. The molecular weight excluding hydrogens is 402 g/mol. The molecule has 0 aliphatic carbocycles. The average Bonchev–Trinajstić information content (AvgIpc) is 3.31. The standard InChI is InChI=1S/C19H16ClN3O6/c20-15-3-1-13(23(26)27)6-14(15)19(25)21-8-11-5-18(24)22(9-11)12-2-4-16-17(7-12)29-10-28-16/h1-4,6-7,11H,5,8-10H2,(H,21,25). The normalized spacial score (nSPS) is 17.5. The van der Waals surface area contributed by atoms with Gasteiger partial charge in [0.05, 0.1) is 15.5 Å². The molecule has 2 aliphatic heterocycles. The summed E-state index contributed by atoms with van der Waals surface area (Å²) in [6, 6.07) is 8.98. The van der Waals surface area contributed by atoms with E-state index < -0.39 is 10.8 Å². The number of amides is 2. The van der Waals surface area contributed by atoms with Crippen molar-refractivity contribution in [3.05, 3.63) is 57.1 Å². The highest BCUT2D eigenvalue weighted by Gasteiger charge is 2.32. The molecule has 1 saturated heterocycles. The third kappa shape index (κ3) is 3.81. The third-order valence-corrected chi connectivity index (χ3v) is 5.16. The molecule has 9 nitrogen and oxygen atoms in total. The first kappa shape index (κ1) is 19.0. The third-order valence-electron chi connectivity index (χ3n) is 4.83. The molecule has 29 heavy (non-hydrogen) atoms.